The Morgan fingerprint density at radius 3 is 2.71 bits per heavy atom. The Morgan fingerprint density at radius 2 is 2.06 bits per heavy atom. The summed E-state index contributed by atoms with van der Waals surface area (Å²) in [5.74, 6) is 0.708. The molecule has 0 aromatic carbocycles. The van der Waals surface area contributed by atoms with E-state index in [1.165, 1.54) is 5.56 Å². The van der Waals surface area contributed by atoms with Crippen LogP contribution < -0.4 is 5.73 Å². The number of rotatable bonds is 3. The van der Waals surface area contributed by atoms with Crippen LogP contribution in [0.4, 0.5) is 0 Å². The van der Waals surface area contributed by atoms with Crippen LogP contribution in [0, 0.1) is 19.8 Å². The zero-order valence-corrected chi connectivity index (χ0v) is 10.8. The summed E-state index contributed by atoms with van der Waals surface area (Å²) in [5.41, 5.74) is 9.63. The highest BCUT2D eigenvalue weighted by Gasteiger charge is 2.19. The molecule has 17 heavy (non-hydrogen) atoms. The predicted octanol–water partition coefficient (Wildman–Crippen LogP) is 2.51. The lowest BCUT2D eigenvalue weighted by Crippen LogP contribution is -2.22. The van der Waals surface area contributed by atoms with Gasteiger partial charge in [-0.05, 0) is 50.7 Å². The number of nitrogens with zero attached hydrogens (tertiary/aromatic N) is 1. The first-order valence-corrected chi connectivity index (χ1v) is 6.44. The third-order valence-electron chi connectivity index (χ3n) is 3.59. The Bertz CT molecular complexity index is 372. The molecule has 1 aromatic heterocycles. The monoisotopic (exact) mass is 234 g/mol. The van der Waals surface area contributed by atoms with Crippen LogP contribution in [0.5, 0.6) is 0 Å². The quantitative estimate of drug-likeness (QED) is 0.874. The summed E-state index contributed by atoms with van der Waals surface area (Å²) in [6.07, 6.45) is 3.34. The van der Waals surface area contributed by atoms with Gasteiger partial charge >= 0.3 is 0 Å². The highest BCUT2D eigenvalue weighted by Crippen LogP contribution is 2.27. The van der Waals surface area contributed by atoms with Gasteiger partial charge in [0.2, 0.25) is 0 Å². The average molecular weight is 234 g/mol. The van der Waals surface area contributed by atoms with Crippen LogP contribution in [0.1, 0.15) is 42.3 Å². The molecule has 1 aliphatic heterocycles. The lowest BCUT2D eigenvalue weighted by Gasteiger charge is -2.25. The standard InChI is InChI=1S/C14H22N2O/c1-10-3-4-13(11(2)16-10)14(15)9-12-5-7-17-8-6-12/h3-4,12,14H,5-9,15H2,1-2H3. The molecule has 0 radical (unpaired) electrons. The first-order valence-electron chi connectivity index (χ1n) is 6.44. The van der Waals surface area contributed by atoms with E-state index in [0.717, 1.165) is 43.9 Å². The minimum absolute atomic E-state index is 0.117. The number of aryl methyl sites for hydroxylation is 2. The van der Waals surface area contributed by atoms with Crippen LogP contribution >= 0.6 is 0 Å². The Balaban J connectivity index is 2.00. The Labute approximate surface area is 103 Å². The number of nitrogens with two attached hydrogens (primary N) is 1. The third-order valence-corrected chi connectivity index (χ3v) is 3.59. The fourth-order valence-corrected chi connectivity index (χ4v) is 2.56. The van der Waals surface area contributed by atoms with E-state index in [2.05, 4.69) is 11.1 Å². The molecule has 1 atom stereocenters. The van der Waals surface area contributed by atoms with Crippen molar-refractivity contribution in [3.8, 4) is 0 Å². The maximum Gasteiger partial charge on any atom is 0.0468 e. The second-order valence-corrected chi connectivity index (χ2v) is 5.03. The van der Waals surface area contributed by atoms with Crippen LogP contribution in [0.2, 0.25) is 0 Å². The maximum absolute atomic E-state index is 6.30. The number of hydrogen-bond acceptors (Lipinski definition) is 3. The Kier molecular flexibility index (Phi) is 4.13. The molecule has 2 rings (SSSR count). The SMILES string of the molecule is Cc1ccc(C(N)CC2CCOCC2)c(C)n1. The lowest BCUT2D eigenvalue weighted by atomic mass is 9.89. The van der Waals surface area contributed by atoms with E-state index in [1.54, 1.807) is 0 Å². The first kappa shape index (κ1) is 12.5. The fourth-order valence-electron chi connectivity index (χ4n) is 2.56. The van der Waals surface area contributed by atoms with E-state index in [4.69, 9.17) is 10.5 Å². The van der Waals surface area contributed by atoms with Crippen LogP contribution in [0.15, 0.2) is 12.1 Å². The normalized spacial score (nSPS) is 19.2. The summed E-state index contributed by atoms with van der Waals surface area (Å²) in [6, 6.07) is 4.29. The van der Waals surface area contributed by atoms with Gasteiger partial charge in [-0.3, -0.25) is 4.98 Å². The number of pyridine rings is 1. The van der Waals surface area contributed by atoms with Gasteiger partial charge in [-0.25, -0.2) is 0 Å². The van der Waals surface area contributed by atoms with E-state index < -0.39 is 0 Å². The lowest BCUT2D eigenvalue weighted by molar-refractivity contribution is 0.0618. The highest BCUT2D eigenvalue weighted by molar-refractivity contribution is 5.24. The van der Waals surface area contributed by atoms with Gasteiger partial charge in [-0.2, -0.15) is 0 Å². The summed E-state index contributed by atoms with van der Waals surface area (Å²) in [6.45, 7) is 5.85. The summed E-state index contributed by atoms with van der Waals surface area (Å²) >= 11 is 0. The number of ether oxygens (including phenoxy) is 1. The molecule has 0 spiro atoms. The molecule has 3 heteroatoms. The van der Waals surface area contributed by atoms with Gasteiger partial charge in [0.25, 0.3) is 0 Å². The molecule has 1 fully saturated rings. The van der Waals surface area contributed by atoms with Crippen molar-refractivity contribution in [1.29, 1.82) is 0 Å². The zero-order valence-electron chi connectivity index (χ0n) is 10.8. The van der Waals surface area contributed by atoms with Gasteiger partial charge in [-0.15, -0.1) is 0 Å². The predicted molar refractivity (Wildman–Crippen MR) is 68.8 cm³/mol. The number of aromatic nitrogens is 1. The summed E-state index contributed by atoms with van der Waals surface area (Å²) in [4.78, 5) is 4.48. The zero-order chi connectivity index (χ0) is 12.3. The molecule has 0 amide bonds. The minimum atomic E-state index is 0.117. The van der Waals surface area contributed by atoms with Gasteiger partial charge < -0.3 is 10.5 Å². The van der Waals surface area contributed by atoms with Crippen molar-refractivity contribution in [3.63, 3.8) is 0 Å². The molecule has 3 nitrogen and oxygen atoms in total. The van der Waals surface area contributed by atoms with E-state index >= 15 is 0 Å². The van der Waals surface area contributed by atoms with E-state index in [1.807, 2.05) is 19.9 Å². The second kappa shape index (κ2) is 5.61. The Morgan fingerprint density at radius 1 is 1.35 bits per heavy atom. The molecule has 2 heterocycles. The van der Waals surface area contributed by atoms with E-state index in [-0.39, 0.29) is 6.04 Å². The van der Waals surface area contributed by atoms with Crippen molar-refractivity contribution in [2.24, 2.45) is 11.7 Å². The molecular formula is C14H22N2O. The first-order chi connectivity index (χ1) is 8.16. The summed E-state index contributed by atoms with van der Waals surface area (Å²) < 4.78 is 5.37. The van der Waals surface area contributed by atoms with Crippen molar-refractivity contribution in [2.45, 2.75) is 39.2 Å². The van der Waals surface area contributed by atoms with Crippen LogP contribution in [0.25, 0.3) is 0 Å². The van der Waals surface area contributed by atoms with Crippen molar-refractivity contribution in [2.75, 3.05) is 13.2 Å². The van der Waals surface area contributed by atoms with Gasteiger partial charge in [0.05, 0.1) is 0 Å². The van der Waals surface area contributed by atoms with Crippen LogP contribution in [-0.4, -0.2) is 18.2 Å². The smallest absolute Gasteiger partial charge is 0.0468 e. The van der Waals surface area contributed by atoms with Crippen molar-refractivity contribution in [3.05, 3.63) is 29.1 Å². The highest BCUT2D eigenvalue weighted by atomic mass is 16.5. The van der Waals surface area contributed by atoms with Gasteiger partial charge in [-0.1, -0.05) is 6.07 Å². The topological polar surface area (TPSA) is 48.1 Å². The van der Waals surface area contributed by atoms with Gasteiger partial charge in [0.15, 0.2) is 0 Å². The van der Waals surface area contributed by atoms with Gasteiger partial charge in [0, 0.05) is 30.6 Å². The van der Waals surface area contributed by atoms with Gasteiger partial charge in [0.1, 0.15) is 0 Å². The molecule has 0 bridgehead atoms. The van der Waals surface area contributed by atoms with E-state index in [0.29, 0.717) is 5.92 Å². The third kappa shape index (κ3) is 3.27. The van der Waals surface area contributed by atoms with Crippen molar-refractivity contribution < 1.29 is 4.74 Å². The van der Waals surface area contributed by atoms with Crippen molar-refractivity contribution >= 4 is 0 Å². The molecule has 2 N–H and O–H groups in total. The summed E-state index contributed by atoms with van der Waals surface area (Å²) in [5, 5.41) is 0. The molecule has 1 saturated heterocycles. The largest absolute Gasteiger partial charge is 0.381 e. The van der Waals surface area contributed by atoms with Crippen LogP contribution in [-0.2, 0) is 4.74 Å². The summed E-state index contributed by atoms with van der Waals surface area (Å²) in [7, 11) is 0. The maximum atomic E-state index is 6.30. The molecular weight excluding hydrogens is 212 g/mol. The van der Waals surface area contributed by atoms with Crippen molar-refractivity contribution in [1.82, 2.24) is 4.98 Å². The Hall–Kier alpha value is -0.930. The van der Waals surface area contributed by atoms with E-state index in [9.17, 15) is 0 Å². The molecule has 1 aliphatic rings. The fraction of sp³-hybridized carbons (Fsp3) is 0.643. The number of hydrogen-bond donors (Lipinski definition) is 1. The average Bonchev–Trinajstić information content (AvgIpc) is 2.30. The molecule has 1 aromatic rings. The van der Waals surface area contributed by atoms with Crippen LogP contribution in [0.3, 0.4) is 0 Å². The second-order valence-electron chi connectivity index (χ2n) is 5.03. The molecule has 1 unspecified atom stereocenters. The minimum Gasteiger partial charge on any atom is -0.381 e. The molecule has 0 saturated carbocycles. The molecule has 94 valence electrons. The molecule has 0 aliphatic carbocycles.